The number of fused-ring (bicyclic) bond motifs is 2. The maximum Gasteiger partial charge on any atom is 2.00 e. The molecule has 0 saturated carbocycles. The first-order valence-electron chi connectivity index (χ1n) is 14.5. The molecule has 0 spiro atoms. The molecule has 2 atom stereocenters. The zero-order valence-corrected chi connectivity index (χ0v) is 32.3. The SMILES string of the molecule is COc1ccc2nc(S(=O)Cc3ncc(C)c(OC)c3C)[n-]c2n1.COc1ccc2nc(S(=O)Cc3ncc(C)c(OC)c3C)[n-]c2n1.[Ca+2]. The summed E-state index contributed by atoms with van der Waals surface area (Å²) in [4.78, 5) is 34.2. The van der Waals surface area contributed by atoms with Gasteiger partial charge >= 0.3 is 37.7 Å². The summed E-state index contributed by atoms with van der Waals surface area (Å²) < 4.78 is 46.1. The Balaban J connectivity index is 0.000000216. The molecular weight excluding hydrogens is 697 g/mol. The second-order valence-electron chi connectivity index (χ2n) is 10.5. The van der Waals surface area contributed by atoms with E-state index in [2.05, 4.69) is 39.9 Å². The van der Waals surface area contributed by atoms with E-state index in [0.29, 0.717) is 45.5 Å². The summed E-state index contributed by atoms with van der Waals surface area (Å²) in [6.07, 6.45) is 3.43. The second-order valence-corrected chi connectivity index (χ2v) is 13.2. The van der Waals surface area contributed by atoms with E-state index in [1.165, 1.54) is 14.2 Å². The molecule has 6 aromatic rings. The number of hydrogen-bond donors (Lipinski definition) is 0. The van der Waals surface area contributed by atoms with E-state index in [4.69, 9.17) is 18.9 Å². The van der Waals surface area contributed by atoms with Crippen LogP contribution in [0.3, 0.4) is 0 Å². The van der Waals surface area contributed by atoms with Gasteiger partial charge in [-0.15, -0.1) is 0 Å². The molecule has 14 nitrogen and oxygen atoms in total. The molecule has 0 aromatic carbocycles. The van der Waals surface area contributed by atoms with Crippen LogP contribution in [-0.4, -0.2) is 104 Å². The number of rotatable bonds is 10. The maximum atomic E-state index is 12.6. The quantitative estimate of drug-likeness (QED) is 0.187. The smallest absolute Gasteiger partial charge is 0.496 e. The Hall–Kier alpha value is -3.70. The summed E-state index contributed by atoms with van der Waals surface area (Å²) >= 11 is 0. The fourth-order valence-corrected chi connectivity index (χ4v) is 6.98. The average molecular weight is 731 g/mol. The van der Waals surface area contributed by atoms with E-state index < -0.39 is 21.6 Å². The summed E-state index contributed by atoms with van der Waals surface area (Å²) in [6, 6.07) is 6.88. The summed E-state index contributed by atoms with van der Waals surface area (Å²) in [5.41, 5.74) is 7.06. The van der Waals surface area contributed by atoms with Crippen molar-refractivity contribution in [2.24, 2.45) is 0 Å². The summed E-state index contributed by atoms with van der Waals surface area (Å²) in [5, 5.41) is 0.484. The zero-order valence-electron chi connectivity index (χ0n) is 28.4. The Morgan fingerprint density at radius 2 is 0.980 bits per heavy atom. The molecular formula is C32H34CaN8O6S2. The van der Waals surface area contributed by atoms with Crippen LogP contribution in [0.1, 0.15) is 33.6 Å². The van der Waals surface area contributed by atoms with Gasteiger partial charge in [-0.05, 0) is 52.0 Å². The minimum Gasteiger partial charge on any atom is -0.496 e. The molecule has 17 heteroatoms. The predicted octanol–water partition coefficient (Wildman–Crippen LogP) is 3.47. The van der Waals surface area contributed by atoms with Gasteiger partial charge in [0.2, 0.25) is 0 Å². The van der Waals surface area contributed by atoms with E-state index in [0.717, 1.165) is 33.8 Å². The van der Waals surface area contributed by atoms with Gasteiger partial charge in [0.05, 0.1) is 83.2 Å². The summed E-state index contributed by atoms with van der Waals surface area (Å²) in [5.74, 6) is 2.85. The van der Waals surface area contributed by atoms with E-state index in [9.17, 15) is 8.42 Å². The molecule has 0 N–H and O–H groups in total. The van der Waals surface area contributed by atoms with Crippen molar-refractivity contribution < 1.29 is 27.4 Å². The number of imidazole rings is 2. The number of aryl methyl sites for hydroxylation is 2. The Labute approximate surface area is 318 Å². The van der Waals surface area contributed by atoms with Crippen molar-refractivity contribution in [3.8, 4) is 23.3 Å². The van der Waals surface area contributed by atoms with Crippen LogP contribution in [-0.2, 0) is 33.1 Å². The fourth-order valence-electron chi connectivity index (χ4n) is 4.87. The van der Waals surface area contributed by atoms with Crippen LogP contribution in [0.5, 0.6) is 23.3 Å². The molecule has 0 amide bonds. The van der Waals surface area contributed by atoms with Gasteiger partial charge in [-0.25, -0.2) is 0 Å². The minimum absolute atomic E-state index is 0. The summed E-state index contributed by atoms with van der Waals surface area (Å²) in [7, 11) is 3.44. The Morgan fingerprint density at radius 1 is 0.592 bits per heavy atom. The molecule has 0 bridgehead atoms. The van der Waals surface area contributed by atoms with Crippen LogP contribution < -0.4 is 28.9 Å². The molecule has 2 unspecified atom stereocenters. The third kappa shape index (κ3) is 8.55. The number of ether oxygens (including phenoxy) is 4. The topological polar surface area (TPSA) is 177 Å². The first-order valence-corrected chi connectivity index (χ1v) is 17.2. The summed E-state index contributed by atoms with van der Waals surface area (Å²) in [6.45, 7) is 7.65. The first kappa shape index (κ1) is 38.1. The Kier molecular flexibility index (Phi) is 13.1. The molecule has 252 valence electrons. The standard InChI is InChI=1S/2C16H17N4O3S.Ca/c2*1-9-7-17-12(10(2)14(9)23-4)8-24(21)16-18-11-5-6-13(22-3)19-15(11)20-16;/h2*5-7H,8H2,1-4H3;/q2*-1;+2. The fraction of sp³-hybridized carbons (Fsp3) is 0.312. The molecule has 0 radical (unpaired) electrons. The van der Waals surface area contributed by atoms with E-state index in [1.54, 1.807) is 50.9 Å². The molecule has 49 heavy (non-hydrogen) atoms. The van der Waals surface area contributed by atoms with Gasteiger partial charge < -0.3 is 48.9 Å². The maximum absolute atomic E-state index is 12.6. The van der Waals surface area contributed by atoms with Gasteiger partial charge in [0.15, 0.2) is 0 Å². The average Bonchev–Trinajstić information content (AvgIpc) is 3.72. The van der Waals surface area contributed by atoms with Crippen LogP contribution in [0.15, 0.2) is 47.0 Å². The number of methoxy groups -OCH3 is 4. The van der Waals surface area contributed by atoms with Crippen molar-refractivity contribution in [3.05, 3.63) is 70.3 Å². The largest absolute Gasteiger partial charge is 2.00 e. The van der Waals surface area contributed by atoms with Crippen LogP contribution >= 0.6 is 0 Å². The molecule has 0 fully saturated rings. The van der Waals surface area contributed by atoms with Gasteiger partial charge in [0, 0.05) is 57.0 Å². The van der Waals surface area contributed by atoms with Gasteiger partial charge in [-0.3, -0.25) is 18.4 Å². The monoisotopic (exact) mass is 730 g/mol. The van der Waals surface area contributed by atoms with Crippen molar-refractivity contribution in [3.63, 3.8) is 0 Å². The van der Waals surface area contributed by atoms with E-state index >= 15 is 0 Å². The molecule has 0 saturated heterocycles. The first-order chi connectivity index (χ1) is 23.1. The molecule has 6 aromatic heterocycles. The molecule has 0 aliphatic heterocycles. The van der Waals surface area contributed by atoms with Crippen molar-refractivity contribution in [2.45, 2.75) is 49.5 Å². The van der Waals surface area contributed by atoms with Crippen LogP contribution in [0.4, 0.5) is 0 Å². The third-order valence-electron chi connectivity index (χ3n) is 7.35. The van der Waals surface area contributed by atoms with Crippen molar-refractivity contribution in [1.82, 2.24) is 39.9 Å². The molecule has 0 aliphatic rings. The predicted molar refractivity (Wildman–Crippen MR) is 185 cm³/mol. The van der Waals surface area contributed by atoms with Gasteiger partial charge in [-0.2, -0.15) is 0 Å². The molecule has 6 heterocycles. The van der Waals surface area contributed by atoms with Gasteiger partial charge in [0.25, 0.3) is 0 Å². The van der Waals surface area contributed by atoms with Gasteiger partial charge in [-0.1, -0.05) is 0 Å². The number of nitrogens with zero attached hydrogens (tertiary/aromatic N) is 8. The Bertz CT molecular complexity index is 2000. The number of pyridine rings is 4. The second kappa shape index (κ2) is 16.8. The van der Waals surface area contributed by atoms with E-state index in [1.807, 2.05) is 27.7 Å². The van der Waals surface area contributed by atoms with Gasteiger partial charge in [0.1, 0.15) is 23.3 Å². The number of aromatic nitrogens is 8. The molecule has 0 aliphatic carbocycles. The van der Waals surface area contributed by atoms with E-state index in [-0.39, 0.29) is 59.6 Å². The molecule has 6 rings (SSSR count). The Morgan fingerprint density at radius 3 is 1.33 bits per heavy atom. The third-order valence-corrected chi connectivity index (χ3v) is 9.60. The van der Waals surface area contributed by atoms with Crippen LogP contribution in [0, 0.1) is 27.7 Å². The minimum atomic E-state index is -1.42. The van der Waals surface area contributed by atoms with Crippen molar-refractivity contribution >= 4 is 81.7 Å². The number of hydrogen-bond acceptors (Lipinski definition) is 12. The zero-order chi connectivity index (χ0) is 34.5. The van der Waals surface area contributed by atoms with Crippen LogP contribution in [0.2, 0.25) is 0 Å². The van der Waals surface area contributed by atoms with Crippen molar-refractivity contribution in [1.29, 1.82) is 0 Å². The van der Waals surface area contributed by atoms with Crippen molar-refractivity contribution in [2.75, 3.05) is 28.4 Å². The normalized spacial score (nSPS) is 12.1. The van der Waals surface area contributed by atoms with Crippen LogP contribution in [0.25, 0.3) is 22.3 Å².